The largest absolute Gasteiger partial charge is 0.457 e. The Balaban J connectivity index is 1.58. The summed E-state index contributed by atoms with van der Waals surface area (Å²) in [7, 11) is 0. The van der Waals surface area contributed by atoms with Crippen molar-refractivity contribution in [2.24, 2.45) is 5.92 Å². The van der Waals surface area contributed by atoms with Gasteiger partial charge in [0.05, 0.1) is 12.1 Å². The maximum Gasteiger partial charge on any atom is 0.211 e. The Kier molecular flexibility index (Phi) is 5.97. The lowest BCUT2D eigenvalue weighted by molar-refractivity contribution is -0.118. The first-order chi connectivity index (χ1) is 14.6. The summed E-state index contributed by atoms with van der Waals surface area (Å²) in [6.07, 6.45) is 5.42. The molecule has 0 bridgehead atoms. The number of anilines is 1. The highest BCUT2D eigenvalue weighted by Crippen LogP contribution is 2.35. The van der Waals surface area contributed by atoms with E-state index in [0.29, 0.717) is 63.8 Å². The number of hydrogen-bond donors (Lipinski definition) is 2. The Morgan fingerprint density at radius 3 is 2.77 bits per heavy atom. The molecule has 0 spiro atoms. The topological polar surface area (TPSA) is 88.5 Å². The Hall–Kier alpha value is -2.96. The number of nitrogens with one attached hydrogen (secondary N) is 1. The number of halogens is 1. The van der Waals surface area contributed by atoms with Crippen molar-refractivity contribution < 1.29 is 19.4 Å². The smallest absolute Gasteiger partial charge is 0.211 e. The quantitative estimate of drug-likeness (QED) is 0.488. The second-order valence-corrected chi connectivity index (χ2v) is 7.88. The molecular formula is C23H21ClN2O4. The number of aromatic nitrogens is 1. The van der Waals surface area contributed by atoms with Crippen molar-refractivity contribution in [3.63, 3.8) is 0 Å². The van der Waals surface area contributed by atoms with E-state index >= 15 is 0 Å². The zero-order valence-electron chi connectivity index (χ0n) is 16.2. The van der Waals surface area contributed by atoms with E-state index in [4.69, 9.17) is 16.3 Å². The van der Waals surface area contributed by atoms with Crippen molar-refractivity contribution in [2.45, 2.75) is 32.3 Å². The number of rotatable bonds is 9. The number of ether oxygens (including phenoxy) is 1. The summed E-state index contributed by atoms with van der Waals surface area (Å²) in [6.45, 7) is -0.227. The minimum absolute atomic E-state index is 0.211. The Morgan fingerprint density at radius 2 is 2.07 bits per heavy atom. The van der Waals surface area contributed by atoms with Crippen LogP contribution in [0.1, 0.15) is 30.4 Å². The average molecular weight is 425 g/mol. The van der Waals surface area contributed by atoms with Crippen LogP contribution in [0, 0.1) is 5.92 Å². The third-order valence-corrected chi connectivity index (χ3v) is 5.52. The molecule has 1 amide bonds. The Bertz CT molecular complexity index is 1110. The number of amides is 1. The number of aliphatic hydroxyl groups is 1. The number of aliphatic hydroxyl groups excluding tert-OH is 1. The van der Waals surface area contributed by atoms with Crippen molar-refractivity contribution in [1.29, 1.82) is 0 Å². The first-order valence-electron chi connectivity index (χ1n) is 9.78. The normalized spacial score (nSPS) is 13.3. The summed E-state index contributed by atoms with van der Waals surface area (Å²) in [4.78, 5) is 27.3. The van der Waals surface area contributed by atoms with E-state index in [1.165, 1.54) is 0 Å². The zero-order valence-corrected chi connectivity index (χ0v) is 17.0. The number of nitrogens with zero attached hydrogens (tertiary/aromatic N) is 1. The molecule has 6 nitrogen and oxygen atoms in total. The van der Waals surface area contributed by atoms with Crippen LogP contribution >= 0.6 is 11.6 Å². The van der Waals surface area contributed by atoms with Crippen LogP contribution in [0.25, 0.3) is 10.9 Å². The van der Waals surface area contributed by atoms with Gasteiger partial charge >= 0.3 is 0 Å². The average Bonchev–Trinajstić information content (AvgIpc) is 3.54. The number of pyridine rings is 1. The summed E-state index contributed by atoms with van der Waals surface area (Å²) in [5.41, 5.74) is 2.46. The number of benzene rings is 2. The summed E-state index contributed by atoms with van der Waals surface area (Å²) in [6, 6.07) is 10.4. The fourth-order valence-electron chi connectivity index (χ4n) is 3.42. The molecule has 154 valence electrons. The van der Waals surface area contributed by atoms with E-state index in [1.807, 2.05) is 6.07 Å². The number of fused-ring (bicyclic) bond motifs is 1. The third kappa shape index (κ3) is 4.61. The van der Waals surface area contributed by atoms with Gasteiger partial charge in [-0.15, -0.1) is 0 Å². The highest BCUT2D eigenvalue weighted by Gasteiger charge is 2.24. The lowest BCUT2D eigenvalue weighted by Crippen LogP contribution is -2.04. The highest BCUT2D eigenvalue weighted by molar-refractivity contribution is 6.31. The second-order valence-electron chi connectivity index (χ2n) is 7.47. The third-order valence-electron chi connectivity index (χ3n) is 5.16. The molecule has 1 aliphatic carbocycles. The summed E-state index contributed by atoms with van der Waals surface area (Å²) in [5.74, 6) is 1.83. The minimum Gasteiger partial charge on any atom is -0.457 e. The van der Waals surface area contributed by atoms with E-state index in [2.05, 4.69) is 10.3 Å². The predicted octanol–water partition coefficient (Wildman–Crippen LogP) is 4.65. The van der Waals surface area contributed by atoms with Crippen molar-refractivity contribution in [3.8, 4) is 11.5 Å². The zero-order chi connectivity index (χ0) is 21.1. The highest BCUT2D eigenvalue weighted by atomic mass is 35.5. The van der Waals surface area contributed by atoms with Gasteiger partial charge in [0.1, 0.15) is 17.3 Å². The van der Waals surface area contributed by atoms with Gasteiger partial charge < -0.3 is 15.2 Å². The van der Waals surface area contributed by atoms with Crippen LogP contribution in [0.15, 0.2) is 42.6 Å². The van der Waals surface area contributed by atoms with Gasteiger partial charge in [-0.25, -0.2) is 0 Å². The summed E-state index contributed by atoms with van der Waals surface area (Å²) >= 11 is 6.39. The number of carbonyl (C=O) groups is 2. The van der Waals surface area contributed by atoms with E-state index < -0.39 is 0 Å². The monoisotopic (exact) mass is 424 g/mol. The predicted molar refractivity (Wildman–Crippen MR) is 115 cm³/mol. The van der Waals surface area contributed by atoms with Crippen molar-refractivity contribution in [3.05, 3.63) is 58.7 Å². The van der Waals surface area contributed by atoms with Crippen LogP contribution in [-0.2, 0) is 22.6 Å². The molecule has 0 unspecified atom stereocenters. The molecular weight excluding hydrogens is 404 g/mol. The second kappa shape index (κ2) is 8.81. The SMILES string of the molecule is O=CNc1cc2c(Oc3ccc(CC(=O)CC4CC4)c(Cl)c3)ccnc2cc1CO. The van der Waals surface area contributed by atoms with Gasteiger partial charge in [0.15, 0.2) is 0 Å². The van der Waals surface area contributed by atoms with Crippen LogP contribution in [0.5, 0.6) is 11.5 Å². The lowest BCUT2D eigenvalue weighted by Gasteiger charge is -2.13. The van der Waals surface area contributed by atoms with E-state index in [1.54, 1.807) is 36.5 Å². The van der Waals surface area contributed by atoms with Crippen molar-refractivity contribution in [1.82, 2.24) is 4.98 Å². The molecule has 0 atom stereocenters. The van der Waals surface area contributed by atoms with Crippen LogP contribution in [0.4, 0.5) is 5.69 Å². The van der Waals surface area contributed by atoms with Crippen LogP contribution in [0.3, 0.4) is 0 Å². The number of ketones is 1. The number of Topliss-reactive ketones (excluding diaryl/α,β-unsaturated/α-hetero) is 1. The molecule has 1 fully saturated rings. The molecule has 1 aromatic heterocycles. The van der Waals surface area contributed by atoms with Gasteiger partial charge in [0.2, 0.25) is 6.41 Å². The maximum atomic E-state index is 12.1. The van der Waals surface area contributed by atoms with Crippen molar-refractivity contribution in [2.75, 3.05) is 5.32 Å². The molecule has 1 heterocycles. The molecule has 7 heteroatoms. The standard InChI is InChI=1S/C23H21ClN2O4/c24-20-10-18(4-3-15(20)8-17(29)7-14-1-2-14)30-23-5-6-25-22-9-16(12-27)21(26-13-28)11-19(22)23/h3-6,9-11,13-14,27H,1-2,7-8,12H2,(H,26,28). The Morgan fingerprint density at radius 1 is 1.23 bits per heavy atom. The molecule has 0 saturated heterocycles. The van der Waals surface area contributed by atoms with Crippen LogP contribution in [-0.4, -0.2) is 22.3 Å². The molecule has 2 N–H and O–H groups in total. The van der Waals surface area contributed by atoms with Crippen LogP contribution < -0.4 is 10.1 Å². The minimum atomic E-state index is -0.227. The fourth-order valence-corrected chi connectivity index (χ4v) is 3.66. The first kappa shape index (κ1) is 20.3. The molecule has 30 heavy (non-hydrogen) atoms. The van der Waals surface area contributed by atoms with Crippen molar-refractivity contribution >= 4 is 40.4 Å². The summed E-state index contributed by atoms with van der Waals surface area (Å²) in [5, 5.41) is 13.3. The van der Waals surface area contributed by atoms with Gasteiger partial charge in [-0.3, -0.25) is 14.6 Å². The van der Waals surface area contributed by atoms with E-state index in [0.717, 1.165) is 18.4 Å². The van der Waals surface area contributed by atoms with Gasteiger partial charge in [-0.2, -0.15) is 0 Å². The maximum absolute atomic E-state index is 12.1. The molecule has 3 aromatic rings. The van der Waals surface area contributed by atoms with Gasteiger partial charge in [0.25, 0.3) is 0 Å². The van der Waals surface area contributed by atoms with E-state index in [9.17, 15) is 14.7 Å². The molecule has 1 saturated carbocycles. The van der Waals surface area contributed by atoms with Gasteiger partial charge in [-0.1, -0.05) is 17.7 Å². The first-order valence-corrected chi connectivity index (χ1v) is 10.2. The fraction of sp³-hybridized carbons (Fsp3) is 0.261. The van der Waals surface area contributed by atoms with E-state index in [-0.39, 0.29) is 12.4 Å². The Labute approximate surface area is 178 Å². The molecule has 4 rings (SSSR count). The van der Waals surface area contributed by atoms with Gasteiger partial charge in [-0.05, 0) is 54.7 Å². The number of carbonyl (C=O) groups excluding carboxylic acids is 2. The van der Waals surface area contributed by atoms with Gasteiger partial charge in [0, 0.05) is 40.7 Å². The lowest BCUT2D eigenvalue weighted by atomic mass is 10.0. The molecule has 2 aromatic carbocycles. The molecule has 0 radical (unpaired) electrons. The van der Waals surface area contributed by atoms with Crippen LogP contribution in [0.2, 0.25) is 5.02 Å². The molecule has 0 aliphatic heterocycles. The molecule has 1 aliphatic rings. The summed E-state index contributed by atoms with van der Waals surface area (Å²) < 4.78 is 6.03. The number of hydrogen-bond acceptors (Lipinski definition) is 5.